The summed E-state index contributed by atoms with van der Waals surface area (Å²) in [6.45, 7) is 1.39. The van der Waals surface area contributed by atoms with Gasteiger partial charge < -0.3 is 14.8 Å². The molecule has 0 saturated heterocycles. The number of hydrogen-bond donors (Lipinski definition) is 1. The van der Waals surface area contributed by atoms with E-state index in [9.17, 15) is 4.39 Å². The summed E-state index contributed by atoms with van der Waals surface area (Å²) in [6.07, 6.45) is 0.786. The molecule has 118 valence electrons. The van der Waals surface area contributed by atoms with Crippen molar-refractivity contribution in [3.63, 3.8) is 0 Å². The molecule has 0 atom stereocenters. The van der Waals surface area contributed by atoms with Gasteiger partial charge in [-0.2, -0.15) is 0 Å². The number of ether oxygens (including phenoxy) is 2. The lowest BCUT2D eigenvalue weighted by Crippen LogP contribution is -2.17. The van der Waals surface area contributed by atoms with Gasteiger partial charge in [-0.1, -0.05) is 12.1 Å². The minimum Gasteiger partial charge on any atom is -0.497 e. The highest BCUT2D eigenvalue weighted by atomic mass is 79.9. The van der Waals surface area contributed by atoms with E-state index in [2.05, 4.69) is 21.2 Å². The molecule has 1 N–H and O–H groups in total. The van der Waals surface area contributed by atoms with Crippen molar-refractivity contribution in [1.82, 2.24) is 5.32 Å². The zero-order valence-electron chi connectivity index (χ0n) is 12.7. The van der Waals surface area contributed by atoms with E-state index in [1.165, 1.54) is 12.1 Å². The van der Waals surface area contributed by atoms with Gasteiger partial charge in [0, 0.05) is 12.1 Å². The number of nitrogens with one attached hydrogen (secondary N) is 1. The second-order valence-electron chi connectivity index (χ2n) is 4.86. The SMILES string of the molecule is COc1cc(Br)c(OC)c(CCNCc2cccc(F)c2)c1. The van der Waals surface area contributed by atoms with Crippen LogP contribution in [0.25, 0.3) is 0 Å². The summed E-state index contributed by atoms with van der Waals surface area (Å²) < 4.78 is 24.7. The topological polar surface area (TPSA) is 30.5 Å². The van der Waals surface area contributed by atoms with Crippen LogP contribution in [0.4, 0.5) is 4.39 Å². The Morgan fingerprint density at radius 1 is 1.14 bits per heavy atom. The molecule has 0 fully saturated rings. The van der Waals surface area contributed by atoms with Crippen LogP contribution < -0.4 is 14.8 Å². The fraction of sp³-hybridized carbons (Fsp3) is 0.294. The summed E-state index contributed by atoms with van der Waals surface area (Å²) in [4.78, 5) is 0. The van der Waals surface area contributed by atoms with E-state index < -0.39 is 0 Å². The minimum absolute atomic E-state index is 0.210. The molecule has 0 saturated carbocycles. The Morgan fingerprint density at radius 3 is 2.64 bits per heavy atom. The second kappa shape index (κ2) is 8.15. The Balaban J connectivity index is 1.95. The van der Waals surface area contributed by atoms with Gasteiger partial charge in [-0.15, -0.1) is 0 Å². The molecule has 2 rings (SSSR count). The first-order valence-electron chi connectivity index (χ1n) is 6.99. The lowest BCUT2D eigenvalue weighted by Gasteiger charge is -2.13. The van der Waals surface area contributed by atoms with Crippen molar-refractivity contribution < 1.29 is 13.9 Å². The Morgan fingerprint density at radius 2 is 1.95 bits per heavy atom. The van der Waals surface area contributed by atoms with Gasteiger partial charge in [-0.25, -0.2) is 4.39 Å². The highest BCUT2D eigenvalue weighted by Crippen LogP contribution is 2.33. The summed E-state index contributed by atoms with van der Waals surface area (Å²) in [6, 6.07) is 10.4. The molecule has 0 amide bonds. The van der Waals surface area contributed by atoms with Crippen molar-refractivity contribution in [2.45, 2.75) is 13.0 Å². The van der Waals surface area contributed by atoms with Crippen LogP contribution >= 0.6 is 15.9 Å². The van der Waals surface area contributed by atoms with Crippen LogP contribution in [-0.2, 0) is 13.0 Å². The van der Waals surface area contributed by atoms with E-state index >= 15 is 0 Å². The third kappa shape index (κ3) is 4.45. The molecule has 0 spiro atoms. The molecule has 0 aromatic heterocycles. The van der Waals surface area contributed by atoms with Crippen molar-refractivity contribution >= 4 is 15.9 Å². The Hall–Kier alpha value is -1.59. The first-order chi connectivity index (χ1) is 10.6. The highest BCUT2D eigenvalue weighted by Gasteiger charge is 2.10. The third-order valence-corrected chi connectivity index (χ3v) is 3.91. The fourth-order valence-electron chi connectivity index (χ4n) is 2.26. The predicted octanol–water partition coefficient (Wildman–Crippen LogP) is 3.94. The van der Waals surface area contributed by atoms with Gasteiger partial charge in [0.25, 0.3) is 0 Å². The molecule has 0 bridgehead atoms. The summed E-state index contributed by atoms with van der Waals surface area (Å²) in [5.41, 5.74) is 1.99. The van der Waals surface area contributed by atoms with Crippen molar-refractivity contribution in [3.05, 3.63) is 57.8 Å². The highest BCUT2D eigenvalue weighted by molar-refractivity contribution is 9.10. The summed E-state index contributed by atoms with van der Waals surface area (Å²) in [7, 11) is 3.29. The standard InChI is InChI=1S/C17H19BrFNO2/c1-21-15-9-13(17(22-2)16(18)10-15)6-7-20-11-12-4-3-5-14(19)8-12/h3-5,8-10,20H,6-7,11H2,1-2H3. The number of benzene rings is 2. The molecule has 0 unspecified atom stereocenters. The van der Waals surface area contributed by atoms with E-state index in [1.54, 1.807) is 20.3 Å². The molecule has 2 aromatic carbocycles. The van der Waals surface area contributed by atoms with Gasteiger partial charge in [-0.05, 0) is 58.7 Å². The lowest BCUT2D eigenvalue weighted by atomic mass is 10.1. The maximum atomic E-state index is 13.1. The zero-order valence-corrected chi connectivity index (χ0v) is 14.2. The quantitative estimate of drug-likeness (QED) is 0.751. The van der Waals surface area contributed by atoms with Gasteiger partial charge in [-0.3, -0.25) is 0 Å². The largest absolute Gasteiger partial charge is 0.497 e. The maximum absolute atomic E-state index is 13.1. The van der Waals surface area contributed by atoms with Crippen molar-refractivity contribution in [1.29, 1.82) is 0 Å². The molecule has 0 radical (unpaired) electrons. The molecule has 2 aromatic rings. The second-order valence-corrected chi connectivity index (χ2v) is 5.71. The molecule has 0 aliphatic heterocycles. The molecular formula is C17H19BrFNO2. The van der Waals surface area contributed by atoms with Gasteiger partial charge in [0.1, 0.15) is 17.3 Å². The van der Waals surface area contributed by atoms with E-state index in [-0.39, 0.29) is 5.82 Å². The molecule has 5 heteroatoms. The number of rotatable bonds is 7. The molecular weight excluding hydrogens is 349 g/mol. The van der Waals surface area contributed by atoms with Crippen LogP contribution in [0.3, 0.4) is 0 Å². The first kappa shape index (κ1) is 16.8. The first-order valence-corrected chi connectivity index (χ1v) is 7.79. The summed E-state index contributed by atoms with van der Waals surface area (Å²) in [5, 5.41) is 3.31. The van der Waals surface area contributed by atoms with Crippen LogP contribution in [0.15, 0.2) is 40.9 Å². The van der Waals surface area contributed by atoms with E-state index in [1.807, 2.05) is 18.2 Å². The average molecular weight is 368 g/mol. The minimum atomic E-state index is -0.210. The smallest absolute Gasteiger partial charge is 0.136 e. The van der Waals surface area contributed by atoms with Crippen LogP contribution in [-0.4, -0.2) is 20.8 Å². The van der Waals surface area contributed by atoms with Gasteiger partial charge in [0.15, 0.2) is 0 Å². The van der Waals surface area contributed by atoms with Crippen LogP contribution in [0.1, 0.15) is 11.1 Å². The van der Waals surface area contributed by atoms with Gasteiger partial charge in [0.05, 0.1) is 18.7 Å². The van der Waals surface area contributed by atoms with Crippen LogP contribution in [0.2, 0.25) is 0 Å². The molecule has 0 heterocycles. The monoisotopic (exact) mass is 367 g/mol. The molecule has 0 aliphatic rings. The fourth-order valence-corrected chi connectivity index (χ4v) is 2.90. The number of methoxy groups -OCH3 is 2. The lowest BCUT2D eigenvalue weighted by molar-refractivity contribution is 0.396. The Bertz CT molecular complexity index is 634. The van der Waals surface area contributed by atoms with Crippen LogP contribution in [0.5, 0.6) is 11.5 Å². The normalized spacial score (nSPS) is 10.5. The third-order valence-electron chi connectivity index (χ3n) is 3.32. The van der Waals surface area contributed by atoms with Crippen LogP contribution in [0, 0.1) is 5.82 Å². The molecule has 0 aliphatic carbocycles. The Labute approximate surface area is 138 Å². The molecule has 22 heavy (non-hydrogen) atoms. The van der Waals surface area contributed by atoms with E-state index in [0.717, 1.165) is 40.1 Å². The summed E-state index contributed by atoms with van der Waals surface area (Å²) in [5.74, 6) is 1.39. The van der Waals surface area contributed by atoms with Crippen molar-refractivity contribution in [2.75, 3.05) is 20.8 Å². The van der Waals surface area contributed by atoms with Crippen molar-refractivity contribution in [3.8, 4) is 11.5 Å². The number of halogens is 2. The molecule has 3 nitrogen and oxygen atoms in total. The van der Waals surface area contributed by atoms with E-state index in [0.29, 0.717) is 6.54 Å². The number of hydrogen-bond acceptors (Lipinski definition) is 3. The van der Waals surface area contributed by atoms with Gasteiger partial charge in [0.2, 0.25) is 0 Å². The predicted molar refractivity (Wildman–Crippen MR) is 89.1 cm³/mol. The van der Waals surface area contributed by atoms with Crippen molar-refractivity contribution in [2.24, 2.45) is 0 Å². The van der Waals surface area contributed by atoms with Gasteiger partial charge >= 0.3 is 0 Å². The van der Waals surface area contributed by atoms with E-state index in [4.69, 9.17) is 9.47 Å². The maximum Gasteiger partial charge on any atom is 0.136 e. The Kier molecular flexibility index (Phi) is 6.21. The zero-order chi connectivity index (χ0) is 15.9. The summed E-state index contributed by atoms with van der Waals surface area (Å²) >= 11 is 3.49. The average Bonchev–Trinajstić information content (AvgIpc) is 2.51.